The van der Waals surface area contributed by atoms with Crippen molar-refractivity contribution in [1.82, 2.24) is 19.6 Å². The first-order valence-corrected chi connectivity index (χ1v) is 10.3. The molecule has 1 saturated carbocycles. The van der Waals surface area contributed by atoms with Crippen LogP contribution in [0, 0.1) is 0 Å². The van der Waals surface area contributed by atoms with Crippen molar-refractivity contribution in [3.63, 3.8) is 0 Å². The number of amides is 2. The number of rotatable bonds is 2. The van der Waals surface area contributed by atoms with Gasteiger partial charge in [0.15, 0.2) is 0 Å². The van der Waals surface area contributed by atoms with Gasteiger partial charge in [-0.2, -0.15) is 5.10 Å². The van der Waals surface area contributed by atoms with Gasteiger partial charge in [0.2, 0.25) is 5.91 Å². The van der Waals surface area contributed by atoms with Crippen LogP contribution < -0.4 is 0 Å². The molecule has 148 valence electrons. The number of carbonyl (C=O) groups excluding carboxylic acids is 2. The molecule has 3 aliphatic rings. The molecule has 8 heteroatoms. The van der Waals surface area contributed by atoms with E-state index in [1.54, 1.807) is 11.9 Å². The molecule has 2 saturated heterocycles. The number of aliphatic hydroxyl groups excluding tert-OH is 1. The lowest BCUT2D eigenvalue weighted by atomic mass is 9.82. The third kappa shape index (κ3) is 3.05. The quantitative estimate of drug-likeness (QED) is 0.831. The highest BCUT2D eigenvalue weighted by Crippen LogP contribution is 2.41. The van der Waals surface area contributed by atoms with E-state index in [0.29, 0.717) is 30.1 Å². The maximum atomic E-state index is 13.6. The topological polar surface area (TPSA) is 78.7 Å². The van der Waals surface area contributed by atoms with Gasteiger partial charge in [-0.05, 0) is 51.4 Å². The summed E-state index contributed by atoms with van der Waals surface area (Å²) in [4.78, 5) is 30.6. The zero-order valence-electron chi connectivity index (χ0n) is 15.7. The molecular weight excluding hydrogens is 368 g/mol. The van der Waals surface area contributed by atoms with Gasteiger partial charge in [0.05, 0.1) is 17.3 Å². The fraction of sp³-hybridized carbons (Fsp3) is 0.737. The molecule has 1 spiro atoms. The van der Waals surface area contributed by atoms with Gasteiger partial charge < -0.3 is 14.9 Å². The zero-order chi connectivity index (χ0) is 19.2. The van der Waals surface area contributed by atoms with E-state index in [0.717, 1.165) is 45.1 Å². The number of aryl methyl sites for hydroxylation is 1. The molecule has 2 amide bonds. The molecule has 7 nitrogen and oxygen atoms in total. The molecule has 27 heavy (non-hydrogen) atoms. The predicted molar refractivity (Wildman–Crippen MR) is 100 cm³/mol. The highest BCUT2D eigenvalue weighted by Gasteiger charge is 2.54. The first-order chi connectivity index (χ1) is 12.9. The van der Waals surface area contributed by atoms with Gasteiger partial charge in [-0.15, -0.1) is 0 Å². The molecule has 2 aliphatic heterocycles. The number of hydrogen-bond donors (Lipinski definition) is 1. The lowest BCUT2D eigenvalue weighted by Gasteiger charge is -2.48. The van der Waals surface area contributed by atoms with Crippen molar-refractivity contribution < 1.29 is 14.7 Å². The summed E-state index contributed by atoms with van der Waals surface area (Å²) in [5, 5.41) is 14.2. The summed E-state index contributed by atoms with van der Waals surface area (Å²) < 4.78 is 1.49. The number of piperidine rings is 1. The van der Waals surface area contributed by atoms with Crippen LogP contribution in [0.5, 0.6) is 0 Å². The average molecular weight is 395 g/mol. The van der Waals surface area contributed by atoms with E-state index in [1.165, 1.54) is 10.9 Å². The van der Waals surface area contributed by atoms with Crippen LogP contribution >= 0.6 is 11.6 Å². The van der Waals surface area contributed by atoms with Crippen LogP contribution in [0.1, 0.15) is 61.9 Å². The van der Waals surface area contributed by atoms with Crippen molar-refractivity contribution in [2.24, 2.45) is 7.05 Å². The number of likely N-dealkylation sites (tertiary alicyclic amines) is 2. The van der Waals surface area contributed by atoms with Crippen molar-refractivity contribution in [3.05, 3.63) is 16.9 Å². The van der Waals surface area contributed by atoms with Crippen molar-refractivity contribution in [1.29, 1.82) is 0 Å². The second kappa shape index (κ2) is 7.09. The van der Waals surface area contributed by atoms with Gasteiger partial charge in [-0.25, -0.2) is 0 Å². The molecule has 3 heterocycles. The second-order valence-corrected chi connectivity index (χ2v) is 8.53. The van der Waals surface area contributed by atoms with E-state index in [2.05, 4.69) is 5.10 Å². The average Bonchev–Trinajstić information content (AvgIpc) is 3.22. The van der Waals surface area contributed by atoms with Crippen LogP contribution in [0.2, 0.25) is 5.02 Å². The van der Waals surface area contributed by atoms with E-state index in [-0.39, 0.29) is 24.0 Å². The number of halogens is 1. The van der Waals surface area contributed by atoms with E-state index in [9.17, 15) is 14.7 Å². The van der Waals surface area contributed by atoms with Gasteiger partial charge in [-0.3, -0.25) is 14.3 Å². The Morgan fingerprint density at radius 3 is 2.52 bits per heavy atom. The van der Waals surface area contributed by atoms with E-state index in [4.69, 9.17) is 11.6 Å². The van der Waals surface area contributed by atoms with Crippen LogP contribution in [0.3, 0.4) is 0 Å². The molecule has 0 radical (unpaired) electrons. The fourth-order valence-corrected chi connectivity index (χ4v) is 5.42. The SMILES string of the molecule is Cn1ncc(Cl)c1C(=O)N1CCCC12CCCN(C1CCC(O)CC1)C2=O. The van der Waals surface area contributed by atoms with Crippen molar-refractivity contribution in [2.45, 2.75) is 69.1 Å². The lowest BCUT2D eigenvalue weighted by Crippen LogP contribution is -2.63. The Balaban J connectivity index is 1.60. The Labute approximate surface area is 164 Å². The summed E-state index contributed by atoms with van der Waals surface area (Å²) in [6.45, 7) is 1.32. The van der Waals surface area contributed by atoms with Crippen molar-refractivity contribution in [2.75, 3.05) is 13.1 Å². The van der Waals surface area contributed by atoms with Crippen LogP contribution in [0.4, 0.5) is 0 Å². The Kier molecular flexibility index (Phi) is 4.93. The second-order valence-electron chi connectivity index (χ2n) is 8.12. The van der Waals surface area contributed by atoms with E-state index < -0.39 is 5.54 Å². The molecule has 1 atom stereocenters. The molecular formula is C19H27ClN4O3. The minimum absolute atomic E-state index is 0.0827. The molecule has 1 unspecified atom stereocenters. The van der Waals surface area contributed by atoms with Crippen molar-refractivity contribution >= 4 is 23.4 Å². The normalized spacial score (nSPS) is 31.7. The smallest absolute Gasteiger partial charge is 0.274 e. The van der Waals surface area contributed by atoms with Crippen LogP contribution in [0.25, 0.3) is 0 Å². The van der Waals surface area contributed by atoms with Gasteiger partial charge in [0.25, 0.3) is 5.91 Å². The first-order valence-electron chi connectivity index (χ1n) is 9.92. The minimum atomic E-state index is -0.751. The highest BCUT2D eigenvalue weighted by molar-refractivity contribution is 6.33. The number of hydrogen-bond acceptors (Lipinski definition) is 4. The zero-order valence-corrected chi connectivity index (χ0v) is 16.5. The Bertz CT molecular complexity index is 724. The number of nitrogens with zero attached hydrogens (tertiary/aromatic N) is 4. The van der Waals surface area contributed by atoms with Gasteiger partial charge in [-0.1, -0.05) is 11.6 Å². The highest BCUT2D eigenvalue weighted by atomic mass is 35.5. The molecule has 1 aliphatic carbocycles. The molecule has 1 N–H and O–H groups in total. The predicted octanol–water partition coefficient (Wildman–Crippen LogP) is 1.97. The Morgan fingerprint density at radius 2 is 1.89 bits per heavy atom. The third-order valence-electron chi connectivity index (χ3n) is 6.59. The largest absolute Gasteiger partial charge is 0.393 e. The van der Waals surface area contributed by atoms with E-state index >= 15 is 0 Å². The molecule has 4 rings (SSSR count). The van der Waals surface area contributed by atoms with Crippen LogP contribution in [0.15, 0.2) is 6.20 Å². The molecule has 1 aromatic rings. The molecule has 1 aromatic heterocycles. The maximum Gasteiger partial charge on any atom is 0.274 e. The van der Waals surface area contributed by atoms with Crippen molar-refractivity contribution in [3.8, 4) is 0 Å². The minimum Gasteiger partial charge on any atom is -0.393 e. The molecule has 0 bridgehead atoms. The van der Waals surface area contributed by atoms with E-state index in [1.807, 2.05) is 4.90 Å². The van der Waals surface area contributed by atoms with Gasteiger partial charge >= 0.3 is 0 Å². The Hall–Kier alpha value is -1.60. The Morgan fingerprint density at radius 1 is 1.22 bits per heavy atom. The number of aromatic nitrogens is 2. The summed E-state index contributed by atoms with van der Waals surface area (Å²) in [7, 11) is 1.70. The summed E-state index contributed by atoms with van der Waals surface area (Å²) >= 11 is 6.20. The number of aliphatic hydroxyl groups is 1. The third-order valence-corrected chi connectivity index (χ3v) is 6.86. The molecule has 3 fully saturated rings. The first kappa shape index (κ1) is 18.7. The summed E-state index contributed by atoms with van der Waals surface area (Å²) in [6, 6.07) is 0.177. The maximum absolute atomic E-state index is 13.6. The van der Waals surface area contributed by atoms with Crippen LogP contribution in [-0.2, 0) is 11.8 Å². The summed E-state index contributed by atoms with van der Waals surface area (Å²) in [5.41, 5.74) is -0.400. The van der Waals surface area contributed by atoms with Gasteiger partial charge in [0.1, 0.15) is 11.2 Å². The monoisotopic (exact) mass is 394 g/mol. The van der Waals surface area contributed by atoms with Gasteiger partial charge in [0, 0.05) is 26.2 Å². The van der Waals surface area contributed by atoms with Crippen LogP contribution in [-0.4, -0.2) is 67.3 Å². The fourth-order valence-electron chi connectivity index (χ4n) is 5.17. The molecule has 0 aromatic carbocycles. The summed E-state index contributed by atoms with van der Waals surface area (Å²) in [6.07, 6.45) is 7.53. The number of carbonyl (C=O) groups is 2. The summed E-state index contributed by atoms with van der Waals surface area (Å²) in [5.74, 6) is -0.119. The standard InChI is InChI=1S/C19H27ClN4O3/c1-22-16(15(20)12-21-22)17(26)24-11-3-9-19(24)8-2-10-23(18(19)27)13-4-6-14(25)7-5-13/h12-14,25H,2-11H2,1H3. The lowest BCUT2D eigenvalue weighted by molar-refractivity contribution is -0.149.